The van der Waals surface area contributed by atoms with E-state index in [1.54, 1.807) is 45.0 Å². The van der Waals surface area contributed by atoms with Gasteiger partial charge in [-0.2, -0.15) is 0 Å². The fourth-order valence-corrected chi connectivity index (χ4v) is 5.09. The normalized spacial score (nSPS) is 23.3. The summed E-state index contributed by atoms with van der Waals surface area (Å²) in [6.45, 7) is 4.79. The second-order valence-electron chi connectivity index (χ2n) is 6.56. The van der Waals surface area contributed by atoms with Crippen molar-refractivity contribution in [2.24, 2.45) is 0 Å². The monoisotopic (exact) mass is 431 g/mol. The van der Waals surface area contributed by atoms with Gasteiger partial charge in [0, 0.05) is 6.42 Å². The van der Waals surface area contributed by atoms with Gasteiger partial charge in [0.25, 0.3) is 0 Å². The van der Waals surface area contributed by atoms with Gasteiger partial charge in [-0.15, -0.1) is 0 Å². The molecule has 162 valence electrons. The van der Waals surface area contributed by atoms with Crippen molar-refractivity contribution in [1.29, 1.82) is 0 Å². The second kappa shape index (κ2) is 9.69. The summed E-state index contributed by atoms with van der Waals surface area (Å²) in [6, 6.07) is 8.89. The highest BCUT2D eigenvalue weighted by atomic mass is 31.2. The Balaban J connectivity index is 2.12. The molecule has 1 aliphatic carbocycles. The molecule has 1 aromatic carbocycles. The highest BCUT2D eigenvalue weighted by Crippen LogP contribution is 2.62. The van der Waals surface area contributed by atoms with Crippen LogP contribution >= 0.6 is 7.60 Å². The van der Waals surface area contributed by atoms with Crippen LogP contribution in [0, 0.1) is 0 Å². The number of rotatable bonds is 11. The number of amides is 1. The minimum Gasteiger partial charge on any atom is -0.464 e. The van der Waals surface area contributed by atoms with Gasteiger partial charge < -0.3 is 23.8 Å². The van der Waals surface area contributed by atoms with E-state index in [2.05, 4.69) is 5.32 Å². The average molecular weight is 431 g/mol. The molecular formula is C19H27FNO7P. The minimum absolute atomic E-state index is 0.00795. The number of hydrogen-bond acceptors (Lipinski definition) is 7. The Labute approximate surface area is 169 Å². The summed E-state index contributed by atoms with van der Waals surface area (Å²) in [5, 5.41) is 2.28. The fraction of sp³-hybridized carbons (Fsp3) is 0.579. The molecule has 1 fully saturated rings. The van der Waals surface area contributed by atoms with Crippen molar-refractivity contribution >= 4 is 19.7 Å². The summed E-state index contributed by atoms with van der Waals surface area (Å²) in [5.74, 6) is -0.960. The Morgan fingerprint density at radius 3 is 2.24 bits per heavy atom. The molecular weight excluding hydrogens is 404 g/mol. The lowest BCUT2D eigenvalue weighted by atomic mass is 10.2. The summed E-state index contributed by atoms with van der Waals surface area (Å²) >= 11 is 0. The number of nitrogens with one attached hydrogen (secondary N) is 1. The highest BCUT2D eigenvalue weighted by Gasteiger charge is 2.78. The number of alkyl halides is 1. The molecule has 0 aromatic heterocycles. The first-order chi connectivity index (χ1) is 13.7. The molecule has 8 nitrogen and oxygen atoms in total. The minimum atomic E-state index is -3.80. The number of hydrogen-bond donors (Lipinski definition) is 1. The van der Waals surface area contributed by atoms with E-state index in [1.165, 1.54) is 0 Å². The molecule has 29 heavy (non-hydrogen) atoms. The molecule has 2 rings (SSSR count). The SMILES string of the molecule is CCOC(=O)C1(NC(=O)OCc2ccccc2)CC1(F)CP(=O)(OCC)OCC. The zero-order valence-corrected chi connectivity index (χ0v) is 17.7. The Bertz CT molecular complexity index is 752. The summed E-state index contributed by atoms with van der Waals surface area (Å²) in [4.78, 5) is 24.7. The standard InChI is InChI=1S/C19H27FNO7P/c1-4-25-16(22)19(21-17(23)26-12-15-10-8-7-9-11-15)13-18(19,20)14-29(24,27-5-2)28-6-3/h7-11H,4-6,12-14H2,1-3H3,(H,21,23). The highest BCUT2D eigenvalue weighted by molar-refractivity contribution is 7.54. The van der Waals surface area contributed by atoms with E-state index in [1.807, 2.05) is 6.07 Å². The first-order valence-corrected chi connectivity index (χ1v) is 11.2. The van der Waals surface area contributed by atoms with Gasteiger partial charge in [0.15, 0.2) is 11.2 Å². The largest absolute Gasteiger partial charge is 0.464 e. The third-order valence-corrected chi connectivity index (χ3v) is 6.62. The van der Waals surface area contributed by atoms with Crippen molar-refractivity contribution in [2.75, 3.05) is 26.0 Å². The molecule has 1 N–H and O–H groups in total. The van der Waals surface area contributed by atoms with E-state index in [-0.39, 0.29) is 26.4 Å². The second-order valence-corrected chi connectivity index (χ2v) is 8.61. The number of ether oxygens (including phenoxy) is 2. The van der Waals surface area contributed by atoms with E-state index >= 15 is 4.39 Å². The van der Waals surface area contributed by atoms with Gasteiger partial charge in [0.05, 0.1) is 26.0 Å². The quantitative estimate of drug-likeness (QED) is 0.422. The molecule has 0 heterocycles. The third-order valence-electron chi connectivity index (χ3n) is 4.43. The van der Waals surface area contributed by atoms with Crippen LogP contribution in [0.3, 0.4) is 0 Å². The third kappa shape index (κ3) is 5.56. The number of benzene rings is 1. The van der Waals surface area contributed by atoms with Crippen LogP contribution in [0.15, 0.2) is 30.3 Å². The average Bonchev–Trinajstić information content (AvgIpc) is 3.24. The Kier molecular flexibility index (Phi) is 7.80. The van der Waals surface area contributed by atoms with Gasteiger partial charge in [0.1, 0.15) is 6.61 Å². The summed E-state index contributed by atoms with van der Waals surface area (Å²) in [6.07, 6.45) is -2.08. The van der Waals surface area contributed by atoms with Crippen molar-refractivity contribution in [2.45, 2.75) is 45.0 Å². The van der Waals surface area contributed by atoms with Gasteiger partial charge in [-0.1, -0.05) is 30.3 Å². The molecule has 0 bridgehead atoms. The number of carbonyl (C=O) groups is 2. The van der Waals surface area contributed by atoms with Crippen LogP contribution in [0.1, 0.15) is 32.8 Å². The molecule has 0 radical (unpaired) electrons. The molecule has 10 heteroatoms. The lowest BCUT2D eigenvalue weighted by molar-refractivity contribution is -0.148. The number of alkyl carbamates (subject to hydrolysis) is 1. The lowest BCUT2D eigenvalue weighted by Gasteiger charge is -2.23. The molecule has 1 saturated carbocycles. The van der Waals surface area contributed by atoms with Gasteiger partial charge in [-0.05, 0) is 26.3 Å². The van der Waals surface area contributed by atoms with Crippen molar-refractivity contribution in [3.8, 4) is 0 Å². The molecule has 2 atom stereocenters. The molecule has 1 aliphatic rings. The maximum Gasteiger partial charge on any atom is 0.408 e. The van der Waals surface area contributed by atoms with Crippen LogP contribution in [0.4, 0.5) is 9.18 Å². The van der Waals surface area contributed by atoms with E-state index < -0.39 is 43.4 Å². The number of esters is 1. The van der Waals surface area contributed by atoms with E-state index in [4.69, 9.17) is 18.5 Å². The van der Waals surface area contributed by atoms with Crippen molar-refractivity contribution in [3.05, 3.63) is 35.9 Å². The molecule has 0 spiro atoms. The first kappa shape index (κ1) is 23.3. The van der Waals surface area contributed by atoms with Crippen LogP contribution in [0.5, 0.6) is 0 Å². The Morgan fingerprint density at radius 2 is 1.69 bits per heavy atom. The van der Waals surface area contributed by atoms with Crippen molar-refractivity contribution in [1.82, 2.24) is 5.32 Å². The zero-order valence-electron chi connectivity index (χ0n) is 16.8. The number of carbonyl (C=O) groups excluding carboxylic acids is 2. The molecule has 0 saturated heterocycles. The van der Waals surface area contributed by atoms with Gasteiger partial charge in [-0.3, -0.25) is 4.57 Å². The predicted molar refractivity (Wildman–Crippen MR) is 103 cm³/mol. The summed E-state index contributed by atoms with van der Waals surface area (Å²) < 4.78 is 48.6. The molecule has 0 aliphatic heterocycles. The fourth-order valence-electron chi connectivity index (χ4n) is 3.05. The van der Waals surface area contributed by atoms with Gasteiger partial charge >= 0.3 is 19.7 Å². The molecule has 1 amide bonds. The zero-order chi connectivity index (χ0) is 21.5. The summed E-state index contributed by atoms with van der Waals surface area (Å²) in [5.41, 5.74) is -3.61. The Morgan fingerprint density at radius 1 is 1.07 bits per heavy atom. The van der Waals surface area contributed by atoms with E-state index in [0.29, 0.717) is 0 Å². The predicted octanol–water partition coefficient (Wildman–Crippen LogP) is 3.59. The van der Waals surface area contributed by atoms with Gasteiger partial charge in [0.2, 0.25) is 0 Å². The summed E-state index contributed by atoms with van der Waals surface area (Å²) in [7, 11) is -3.80. The first-order valence-electron chi connectivity index (χ1n) is 9.47. The van der Waals surface area contributed by atoms with Crippen LogP contribution < -0.4 is 5.32 Å². The van der Waals surface area contributed by atoms with Crippen LogP contribution in [-0.2, 0) is 34.5 Å². The van der Waals surface area contributed by atoms with Crippen LogP contribution in [0.2, 0.25) is 0 Å². The van der Waals surface area contributed by atoms with Crippen LogP contribution in [-0.4, -0.2) is 49.3 Å². The topological polar surface area (TPSA) is 100 Å². The molecule has 1 aromatic rings. The smallest absolute Gasteiger partial charge is 0.408 e. The maximum absolute atomic E-state index is 15.6. The van der Waals surface area contributed by atoms with E-state index in [0.717, 1.165) is 5.56 Å². The maximum atomic E-state index is 15.6. The van der Waals surface area contributed by atoms with E-state index in [9.17, 15) is 14.2 Å². The van der Waals surface area contributed by atoms with Crippen molar-refractivity contribution in [3.63, 3.8) is 0 Å². The van der Waals surface area contributed by atoms with Crippen molar-refractivity contribution < 1.29 is 37.1 Å². The van der Waals surface area contributed by atoms with Gasteiger partial charge in [-0.25, -0.2) is 14.0 Å². The lowest BCUT2D eigenvalue weighted by Crippen LogP contribution is -2.50. The Hall–Kier alpha value is -1.96. The number of halogens is 1. The molecule has 2 unspecified atom stereocenters. The van der Waals surface area contributed by atoms with Crippen LogP contribution in [0.25, 0.3) is 0 Å².